The van der Waals surface area contributed by atoms with Crippen molar-refractivity contribution in [2.75, 3.05) is 6.54 Å². The van der Waals surface area contributed by atoms with Gasteiger partial charge in [-0.25, -0.2) is 0 Å². The van der Waals surface area contributed by atoms with Crippen molar-refractivity contribution in [2.24, 2.45) is 5.73 Å². The lowest BCUT2D eigenvalue weighted by Crippen LogP contribution is -2.14. The van der Waals surface area contributed by atoms with Crippen LogP contribution in [-0.2, 0) is 6.54 Å². The van der Waals surface area contributed by atoms with E-state index in [4.69, 9.17) is 5.73 Å². The average Bonchev–Trinajstić information content (AvgIpc) is 2.75. The first-order chi connectivity index (χ1) is 8.22. The van der Waals surface area contributed by atoms with Crippen LogP contribution in [0.15, 0.2) is 30.5 Å². The van der Waals surface area contributed by atoms with Gasteiger partial charge in [0.1, 0.15) is 5.69 Å². The molecule has 4 nitrogen and oxygen atoms in total. The molecule has 0 saturated carbocycles. The predicted octanol–water partition coefficient (Wildman–Crippen LogP) is 2.03. The van der Waals surface area contributed by atoms with Crippen molar-refractivity contribution < 1.29 is 0 Å². The van der Waals surface area contributed by atoms with Gasteiger partial charge in [0.25, 0.3) is 0 Å². The molecule has 0 saturated heterocycles. The van der Waals surface area contributed by atoms with Crippen LogP contribution in [0.3, 0.4) is 0 Å². The molecule has 2 aromatic rings. The first kappa shape index (κ1) is 11.8. The fourth-order valence-corrected chi connectivity index (χ4v) is 1.84. The van der Waals surface area contributed by atoms with Crippen LogP contribution in [0.25, 0.3) is 11.4 Å². The van der Waals surface area contributed by atoms with Crippen LogP contribution in [0.4, 0.5) is 0 Å². The molecule has 0 aliphatic rings. The van der Waals surface area contributed by atoms with Crippen LogP contribution < -0.4 is 5.73 Å². The highest BCUT2D eigenvalue weighted by Crippen LogP contribution is 2.21. The first-order valence-corrected chi connectivity index (χ1v) is 5.91. The molecule has 2 rings (SSSR count). The van der Waals surface area contributed by atoms with Gasteiger partial charge in [-0.15, -0.1) is 0 Å². The summed E-state index contributed by atoms with van der Waals surface area (Å²) in [5.41, 5.74) is 8.63. The third kappa shape index (κ3) is 2.53. The summed E-state index contributed by atoms with van der Waals surface area (Å²) in [7, 11) is 0. The Bertz CT molecular complexity index is 473. The topological polar surface area (TPSA) is 56.7 Å². The van der Waals surface area contributed by atoms with Crippen molar-refractivity contribution in [3.05, 3.63) is 36.2 Å². The van der Waals surface area contributed by atoms with E-state index in [9.17, 15) is 0 Å². The molecule has 17 heavy (non-hydrogen) atoms. The molecule has 2 aromatic heterocycles. The third-order valence-electron chi connectivity index (χ3n) is 2.67. The number of nitrogens with two attached hydrogens (primary N) is 1. The summed E-state index contributed by atoms with van der Waals surface area (Å²) in [6.07, 6.45) is 1.78. The molecule has 0 atom stereocenters. The van der Waals surface area contributed by atoms with Crippen LogP contribution in [0.1, 0.15) is 25.5 Å². The molecule has 2 heterocycles. The Labute approximate surface area is 101 Å². The van der Waals surface area contributed by atoms with E-state index in [0.717, 1.165) is 17.9 Å². The summed E-state index contributed by atoms with van der Waals surface area (Å²) < 4.78 is 1.98. The largest absolute Gasteiger partial charge is 0.329 e. The molecule has 0 spiro atoms. The number of rotatable bonds is 4. The third-order valence-corrected chi connectivity index (χ3v) is 2.67. The van der Waals surface area contributed by atoms with E-state index in [0.29, 0.717) is 12.5 Å². The Hall–Kier alpha value is -1.68. The van der Waals surface area contributed by atoms with Crippen molar-refractivity contribution in [1.82, 2.24) is 14.8 Å². The number of aromatic nitrogens is 3. The highest BCUT2D eigenvalue weighted by molar-refractivity contribution is 5.54. The van der Waals surface area contributed by atoms with Crippen LogP contribution in [0.5, 0.6) is 0 Å². The van der Waals surface area contributed by atoms with Gasteiger partial charge in [0.15, 0.2) is 0 Å². The lowest BCUT2D eigenvalue weighted by atomic mass is 10.1. The Kier molecular flexibility index (Phi) is 3.54. The zero-order valence-electron chi connectivity index (χ0n) is 10.3. The molecular formula is C13H18N4. The number of hydrogen-bond donors (Lipinski definition) is 1. The zero-order chi connectivity index (χ0) is 12.3. The van der Waals surface area contributed by atoms with E-state index in [-0.39, 0.29) is 0 Å². The summed E-state index contributed by atoms with van der Waals surface area (Å²) in [5.74, 6) is 0.437. The monoisotopic (exact) mass is 230 g/mol. The molecule has 90 valence electrons. The van der Waals surface area contributed by atoms with Crippen LogP contribution in [0.2, 0.25) is 0 Å². The van der Waals surface area contributed by atoms with Gasteiger partial charge in [-0.2, -0.15) is 5.10 Å². The zero-order valence-corrected chi connectivity index (χ0v) is 10.3. The fraction of sp³-hybridized carbons (Fsp3) is 0.385. The molecule has 0 radical (unpaired) electrons. The lowest BCUT2D eigenvalue weighted by Gasteiger charge is -2.07. The smallest absolute Gasteiger partial charge is 0.111 e. The molecule has 0 amide bonds. The second-order valence-electron chi connectivity index (χ2n) is 4.34. The highest BCUT2D eigenvalue weighted by Gasteiger charge is 2.12. The summed E-state index contributed by atoms with van der Waals surface area (Å²) in [4.78, 5) is 4.32. The van der Waals surface area contributed by atoms with Crippen molar-refractivity contribution in [3.8, 4) is 11.4 Å². The van der Waals surface area contributed by atoms with Crippen molar-refractivity contribution in [1.29, 1.82) is 0 Å². The standard InChI is InChI=1S/C13H18N4/c1-10(2)13-9-12(16-17(13)8-6-14)11-5-3-4-7-15-11/h3-5,7,9-10H,6,8,14H2,1-2H3. The molecule has 0 aliphatic heterocycles. The number of nitrogens with zero attached hydrogens (tertiary/aromatic N) is 3. The Morgan fingerprint density at radius 2 is 2.12 bits per heavy atom. The van der Waals surface area contributed by atoms with E-state index < -0.39 is 0 Å². The highest BCUT2D eigenvalue weighted by atomic mass is 15.3. The molecule has 2 N–H and O–H groups in total. The Balaban J connectivity index is 2.40. The molecule has 0 bridgehead atoms. The van der Waals surface area contributed by atoms with Crippen LogP contribution in [-0.4, -0.2) is 21.3 Å². The minimum Gasteiger partial charge on any atom is -0.329 e. The Morgan fingerprint density at radius 1 is 1.29 bits per heavy atom. The van der Waals surface area contributed by atoms with Crippen LogP contribution in [0, 0.1) is 0 Å². The van der Waals surface area contributed by atoms with Gasteiger partial charge in [0.05, 0.1) is 12.2 Å². The SMILES string of the molecule is CC(C)c1cc(-c2ccccn2)nn1CCN. The van der Waals surface area contributed by atoms with Gasteiger partial charge in [-0.05, 0) is 24.1 Å². The van der Waals surface area contributed by atoms with E-state index >= 15 is 0 Å². The minimum absolute atomic E-state index is 0.437. The summed E-state index contributed by atoms with van der Waals surface area (Å²) >= 11 is 0. The number of hydrogen-bond acceptors (Lipinski definition) is 3. The molecule has 0 aromatic carbocycles. The van der Waals surface area contributed by atoms with Gasteiger partial charge in [0.2, 0.25) is 0 Å². The summed E-state index contributed by atoms with van der Waals surface area (Å²) in [6.45, 7) is 5.67. The van der Waals surface area contributed by atoms with E-state index in [1.54, 1.807) is 6.20 Å². The van der Waals surface area contributed by atoms with Gasteiger partial charge >= 0.3 is 0 Å². The van der Waals surface area contributed by atoms with Gasteiger partial charge in [-0.3, -0.25) is 9.67 Å². The predicted molar refractivity (Wildman–Crippen MR) is 68.6 cm³/mol. The maximum Gasteiger partial charge on any atom is 0.111 e. The maximum atomic E-state index is 5.60. The van der Waals surface area contributed by atoms with Crippen molar-refractivity contribution >= 4 is 0 Å². The second-order valence-corrected chi connectivity index (χ2v) is 4.34. The van der Waals surface area contributed by atoms with Gasteiger partial charge < -0.3 is 5.73 Å². The minimum atomic E-state index is 0.437. The summed E-state index contributed by atoms with van der Waals surface area (Å²) in [6, 6.07) is 7.95. The van der Waals surface area contributed by atoms with E-state index in [2.05, 4.69) is 30.0 Å². The molecule has 4 heteroatoms. The lowest BCUT2D eigenvalue weighted by molar-refractivity contribution is 0.576. The van der Waals surface area contributed by atoms with E-state index in [1.165, 1.54) is 5.69 Å². The average molecular weight is 230 g/mol. The fourth-order valence-electron chi connectivity index (χ4n) is 1.84. The molecular weight excluding hydrogens is 212 g/mol. The summed E-state index contributed by atoms with van der Waals surface area (Å²) in [5, 5.41) is 4.57. The van der Waals surface area contributed by atoms with Crippen molar-refractivity contribution in [3.63, 3.8) is 0 Å². The van der Waals surface area contributed by atoms with E-state index in [1.807, 2.05) is 22.9 Å². The Morgan fingerprint density at radius 3 is 2.71 bits per heavy atom. The van der Waals surface area contributed by atoms with Gasteiger partial charge in [0, 0.05) is 18.4 Å². The quantitative estimate of drug-likeness (QED) is 0.874. The van der Waals surface area contributed by atoms with Crippen molar-refractivity contribution in [2.45, 2.75) is 26.3 Å². The van der Waals surface area contributed by atoms with Gasteiger partial charge in [-0.1, -0.05) is 19.9 Å². The second kappa shape index (κ2) is 5.10. The first-order valence-electron chi connectivity index (χ1n) is 5.91. The number of pyridine rings is 1. The molecule has 0 unspecified atom stereocenters. The maximum absolute atomic E-state index is 5.60. The van der Waals surface area contributed by atoms with Crippen LogP contribution >= 0.6 is 0 Å². The molecule has 0 fully saturated rings. The normalized spacial score (nSPS) is 11.1. The molecule has 0 aliphatic carbocycles.